The Kier molecular flexibility index (Phi) is 3.09. The number of carboxylic acid groups (broad SMARTS) is 1. The summed E-state index contributed by atoms with van der Waals surface area (Å²) in [7, 11) is 0. The van der Waals surface area contributed by atoms with Crippen LogP contribution < -0.4 is 4.74 Å². The molecule has 0 aliphatic rings. The van der Waals surface area contributed by atoms with E-state index < -0.39 is 5.97 Å². The second-order valence-electron chi connectivity index (χ2n) is 4.32. The van der Waals surface area contributed by atoms with Gasteiger partial charge in [0.1, 0.15) is 12.4 Å². The molecular weight excluding hydrogens is 256 g/mol. The van der Waals surface area contributed by atoms with Gasteiger partial charge in [-0.2, -0.15) is 0 Å². The molecule has 2 heterocycles. The van der Waals surface area contributed by atoms with Crippen LogP contribution in [-0.4, -0.2) is 21.0 Å². The number of carboxylic acids is 1. The Morgan fingerprint density at radius 1 is 1.30 bits per heavy atom. The third-order valence-electron chi connectivity index (χ3n) is 3.05. The molecule has 0 radical (unpaired) electrons. The van der Waals surface area contributed by atoms with E-state index in [1.165, 1.54) is 0 Å². The van der Waals surface area contributed by atoms with Crippen molar-refractivity contribution in [3.8, 4) is 5.75 Å². The van der Waals surface area contributed by atoms with E-state index in [9.17, 15) is 9.90 Å². The highest BCUT2D eigenvalue weighted by atomic mass is 16.5. The van der Waals surface area contributed by atoms with E-state index in [0.717, 1.165) is 11.1 Å². The van der Waals surface area contributed by atoms with Gasteiger partial charge in [0.05, 0.1) is 11.8 Å². The first kappa shape index (κ1) is 12.2. The number of ether oxygens (including phenoxy) is 1. The molecule has 5 heteroatoms. The highest BCUT2D eigenvalue weighted by Crippen LogP contribution is 2.24. The molecule has 0 fully saturated rings. The van der Waals surface area contributed by atoms with E-state index in [0.29, 0.717) is 11.1 Å². The van der Waals surface area contributed by atoms with Crippen LogP contribution in [0.1, 0.15) is 15.9 Å². The fraction of sp³-hybridized carbons (Fsp3) is 0.0667. The Morgan fingerprint density at radius 3 is 2.95 bits per heavy atom. The van der Waals surface area contributed by atoms with E-state index in [1.807, 2.05) is 6.07 Å². The van der Waals surface area contributed by atoms with E-state index in [1.54, 1.807) is 42.9 Å². The van der Waals surface area contributed by atoms with E-state index >= 15 is 0 Å². The molecular formula is C15H12N2O3. The summed E-state index contributed by atoms with van der Waals surface area (Å²) < 4.78 is 5.62. The highest BCUT2D eigenvalue weighted by molar-refractivity contribution is 6.04. The number of rotatable bonds is 4. The Balaban J connectivity index is 1.94. The van der Waals surface area contributed by atoms with Gasteiger partial charge < -0.3 is 14.8 Å². The molecule has 0 bridgehead atoms. The number of hydrogen-bond donors (Lipinski definition) is 2. The van der Waals surface area contributed by atoms with Crippen molar-refractivity contribution < 1.29 is 14.6 Å². The van der Waals surface area contributed by atoms with Crippen molar-refractivity contribution >= 4 is 16.9 Å². The lowest BCUT2D eigenvalue weighted by molar-refractivity contribution is 0.0699. The van der Waals surface area contributed by atoms with Gasteiger partial charge in [0, 0.05) is 28.9 Å². The number of fused-ring (bicyclic) bond motifs is 1. The summed E-state index contributed by atoms with van der Waals surface area (Å²) in [4.78, 5) is 18.3. The maximum Gasteiger partial charge on any atom is 0.336 e. The van der Waals surface area contributed by atoms with Gasteiger partial charge in [-0.3, -0.25) is 4.98 Å². The molecule has 3 aromatic rings. The first-order valence-corrected chi connectivity index (χ1v) is 6.11. The quantitative estimate of drug-likeness (QED) is 0.763. The van der Waals surface area contributed by atoms with Gasteiger partial charge in [0.2, 0.25) is 0 Å². The van der Waals surface area contributed by atoms with Crippen LogP contribution in [0.5, 0.6) is 5.75 Å². The molecule has 0 aliphatic carbocycles. The average Bonchev–Trinajstić information content (AvgIpc) is 2.89. The number of H-pyrrole nitrogens is 1. The van der Waals surface area contributed by atoms with Crippen molar-refractivity contribution in [3.63, 3.8) is 0 Å². The van der Waals surface area contributed by atoms with Crippen LogP contribution in [0.15, 0.2) is 48.9 Å². The first-order chi connectivity index (χ1) is 9.75. The topological polar surface area (TPSA) is 75.2 Å². The Morgan fingerprint density at radius 2 is 2.20 bits per heavy atom. The highest BCUT2D eigenvalue weighted by Gasteiger charge is 2.13. The van der Waals surface area contributed by atoms with Crippen LogP contribution in [0.25, 0.3) is 10.9 Å². The Bertz CT molecular complexity index is 750. The fourth-order valence-corrected chi connectivity index (χ4v) is 2.14. The number of benzene rings is 1. The Labute approximate surface area is 114 Å². The minimum atomic E-state index is -0.946. The monoisotopic (exact) mass is 268 g/mol. The summed E-state index contributed by atoms with van der Waals surface area (Å²) in [6.07, 6.45) is 5.06. The van der Waals surface area contributed by atoms with Crippen molar-refractivity contribution in [2.24, 2.45) is 0 Å². The lowest BCUT2D eigenvalue weighted by Gasteiger charge is -2.05. The summed E-state index contributed by atoms with van der Waals surface area (Å²) in [6, 6.07) is 8.74. The van der Waals surface area contributed by atoms with Crippen LogP contribution in [0, 0.1) is 0 Å². The van der Waals surface area contributed by atoms with E-state index in [2.05, 4.69) is 9.97 Å². The molecule has 100 valence electrons. The molecule has 2 N–H and O–H groups in total. The minimum absolute atomic E-state index is 0.272. The SMILES string of the molecule is O=C(O)c1cccc2[nH]cc(COc3cccnc3)c12. The number of pyridine rings is 1. The number of carbonyl (C=O) groups is 1. The molecule has 2 aromatic heterocycles. The Hall–Kier alpha value is -2.82. The molecule has 3 rings (SSSR count). The summed E-state index contributed by atoms with van der Waals surface area (Å²) in [5, 5.41) is 9.93. The second-order valence-corrected chi connectivity index (χ2v) is 4.32. The van der Waals surface area contributed by atoms with Gasteiger partial charge in [-0.1, -0.05) is 6.07 Å². The maximum atomic E-state index is 11.3. The van der Waals surface area contributed by atoms with Crippen LogP contribution in [-0.2, 0) is 6.61 Å². The van der Waals surface area contributed by atoms with Gasteiger partial charge in [-0.15, -0.1) is 0 Å². The number of hydrogen-bond acceptors (Lipinski definition) is 3. The normalized spacial score (nSPS) is 10.6. The third kappa shape index (κ3) is 2.21. The molecule has 0 saturated heterocycles. The fourth-order valence-electron chi connectivity index (χ4n) is 2.14. The lowest BCUT2D eigenvalue weighted by atomic mass is 10.1. The van der Waals surface area contributed by atoms with Gasteiger partial charge in [0.15, 0.2) is 0 Å². The van der Waals surface area contributed by atoms with Crippen LogP contribution >= 0.6 is 0 Å². The lowest BCUT2D eigenvalue weighted by Crippen LogP contribution is -2.00. The van der Waals surface area contributed by atoms with E-state index in [-0.39, 0.29) is 12.2 Å². The van der Waals surface area contributed by atoms with Gasteiger partial charge >= 0.3 is 5.97 Å². The number of nitrogens with zero attached hydrogens (tertiary/aromatic N) is 1. The first-order valence-electron chi connectivity index (χ1n) is 6.11. The van der Waals surface area contributed by atoms with Crippen molar-refractivity contribution in [2.75, 3.05) is 0 Å². The summed E-state index contributed by atoms with van der Waals surface area (Å²) in [5.74, 6) is -0.299. The number of aromatic carboxylic acids is 1. The predicted octanol–water partition coefficient (Wildman–Crippen LogP) is 2.84. The zero-order valence-corrected chi connectivity index (χ0v) is 10.5. The summed E-state index contributed by atoms with van der Waals surface area (Å²) in [5.41, 5.74) is 1.87. The van der Waals surface area contributed by atoms with Crippen LogP contribution in [0.4, 0.5) is 0 Å². The van der Waals surface area contributed by atoms with Crippen molar-refractivity contribution in [1.82, 2.24) is 9.97 Å². The summed E-state index contributed by atoms with van der Waals surface area (Å²) >= 11 is 0. The standard InChI is InChI=1S/C15H12N2O3/c18-15(19)12-4-1-5-13-14(12)10(7-17-13)9-20-11-3-2-6-16-8-11/h1-8,17H,9H2,(H,18,19). The van der Waals surface area contributed by atoms with Gasteiger partial charge in [-0.05, 0) is 24.3 Å². The molecule has 0 unspecified atom stereocenters. The number of aromatic amines is 1. The van der Waals surface area contributed by atoms with Gasteiger partial charge in [0.25, 0.3) is 0 Å². The van der Waals surface area contributed by atoms with Crippen molar-refractivity contribution in [3.05, 3.63) is 60.0 Å². The molecule has 1 aromatic carbocycles. The molecule has 0 atom stereocenters. The zero-order valence-electron chi connectivity index (χ0n) is 10.5. The average molecular weight is 268 g/mol. The molecule has 0 amide bonds. The smallest absolute Gasteiger partial charge is 0.336 e. The van der Waals surface area contributed by atoms with Crippen LogP contribution in [0.3, 0.4) is 0 Å². The van der Waals surface area contributed by atoms with Crippen molar-refractivity contribution in [2.45, 2.75) is 6.61 Å². The largest absolute Gasteiger partial charge is 0.487 e. The van der Waals surface area contributed by atoms with E-state index in [4.69, 9.17) is 4.74 Å². The van der Waals surface area contributed by atoms with Crippen LogP contribution in [0.2, 0.25) is 0 Å². The zero-order chi connectivity index (χ0) is 13.9. The molecule has 0 saturated carbocycles. The van der Waals surface area contributed by atoms with Gasteiger partial charge in [-0.25, -0.2) is 4.79 Å². The maximum absolute atomic E-state index is 11.3. The molecule has 0 spiro atoms. The second kappa shape index (κ2) is 5.05. The summed E-state index contributed by atoms with van der Waals surface area (Å²) in [6.45, 7) is 0.288. The molecule has 20 heavy (non-hydrogen) atoms. The number of nitrogens with one attached hydrogen (secondary N) is 1. The predicted molar refractivity (Wildman–Crippen MR) is 73.8 cm³/mol. The number of aromatic nitrogens is 2. The molecule has 0 aliphatic heterocycles. The minimum Gasteiger partial charge on any atom is -0.487 e. The molecule has 5 nitrogen and oxygen atoms in total. The van der Waals surface area contributed by atoms with Crippen molar-refractivity contribution in [1.29, 1.82) is 0 Å². The third-order valence-corrected chi connectivity index (χ3v) is 3.05.